The van der Waals surface area contributed by atoms with E-state index in [1.807, 2.05) is 0 Å². The molecule has 1 heterocycles. The Bertz CT molecular complexity index is 1790. The molecule has 0 spiro atoms. The van der Waals surface area contributed by atoms with E-state index in [2.05, 4.69) is 15.9 Å². The number of imide groups is 1. The van der Waals surface area contributed by atoms with Crippen molar-refractivity contribution in [2.45, 2.75) is 12.5 Å². The van der Waals surface area contributed by atoms with Crippen molar-refractivity contribution in [2.24, 2.45) is 0 Å². The summed E-state index contributed by atoms with van der Waals surface area (Å²) in [6.07, 6.45) is -0.147. The number of benzene rings is 4. The van der Waals surface area contributed by atoms with Crippen LogP contribution in [0.5, 0.6) is 5.75 Å². The van der Waals surface area contributed by atoms with E-state index in [1.165, 1.54) is 36.4 Å². The monoisotopic (exact) mass is 656 g/mol. The number of amides is 2. The van der Waals surface area contributed by atoms with Crippen molar-refractivity contribution in [1.82, 2.24) is 4.90 Å². The fourth-order valence-corrected chi connectivity index (χ4v) is 4.88. The van der Waals surface area contributed by atoms with Crippen LogP contribution in [0.1, 0.15) is 47.0 Å². The summed E-state index contributed by atoms with van der Waals surface area (Å²) in [5, 5.41) is 11.5. The third-order valence-corrected chi connectivity index (χ3v) is 7.32. The summed E-state index contributed by atoms with van der Waals surface area (Å²) in [7, 11) is 0. The lowest BCUT2D eigenvalue weighted by Gasteiger charge is -2.24. The number of rotatable bonds is 10. The number of esters is 2. The quantitative estimate of drug-likeness (QED) is 0.0559. The lowest BCUT2D eigenvalue weighted by atomic mass is 10.0. The molecule has 4 aromatic carbocycles. The van der Waals surface area contributed by atoms with Crippen LogP contribution in [0.2, 0.25) is 0 Å². The maximum absolute atomic E-state index is 13.3. The standard InChI is InChI=1S/C32H21BrN2O9/c33-22-13-9-21(10-14-22)31(39)44-23-15-11-20(12-16-23)27(36)18-43-32(40)26(17-19-5-2-1-3-6-19)34-29(37)24-7-4-8-25(35(41)42)28(24)30(34)38/h1-16,26H,17-18H2. The second kappa shape index (κ2) is 12.8. The number of ether oxygens (including phenoxy) is 2. The molecule has 4 aromatic rings. The summed E-state index contributed by atoms with van der Waals surface area (Å²) < 4.78 is 11.4. The SMILES string of the molecule is O=C(COC(=O)C(Cc1ccccc1)N1C(=O)c2cccc([N+](=O)[O-])c2C1=O)c1ccc(OC(=O)c2ccc(Br)cc2)cc1. The first kappa shape index (κ1) is 30.0. The fourth-order valence-electron chi connectivity index (χ4n) is 4.62. The number of carbonyl (C=O) groups is 5. The van der Waals surface area contributed by atoms with E-state index in [4.69, 9.17) is 9.47 Å². The Hall–Kier alpha value is -5.49. The molecule has 0 bridgehead atoms. The molecule has 2 amide bonds. The minimum absolute atomic E-state index is 0.147. The zero-order chi connectivity index (χ0) is 31.4. The molecule has 0 fully saturated rings. The van der Waals surface area contributed by atoms with E-state index in [0.29, 0.717) is 16.0 Å². The average Bonchev–Trinajstić information content (AvgIpc) is 3.28. The average molecular weight is 657 g/mol. The van der Waals surface area contributed by atoms with Gasteiger partial charge in [0.25, 0.3) is 17.5 Å². The van der Waals surface area contributed by atoms with E-state index < -0.39 is 58.4 Å². The zero-order valence-electron chi connectivity index (χ0n) is 22.7. The Labute approximate surface area is 258 Å². The third-order valence-electron chi connectivity index (χ3n) is 6.79. The fraction of sp³-hybridized carbons (Fsp3) is 0.0938. The molecule has 1 atom stereocenters. The van der Waals surface area contributed by atoms with Crippen molar-refractivity contribution in [3.63, 3.8) is 0 Å². The minimum Gasteiger partial charge on any atom is -0.456 e. The highest BCUT2D eigenvalue weighted by Crippen LogP contribution is 2.33. The van der Waals surface area contributed by atoms with Gasteiger partial charge in [0.2, 0.25) is 0 Å². The van der Waals surface area contributed by atoms with E-state index in [1.54, 1.807) is 54.6 Å². The Morgan fingerprint density at radius 3 is 2.14 bits per heavy atom. The van der Waals surface area contributed by atoms with Gasteiger partial charge >= 0.3 is 11.9 Å². The van der Waals surface area contributed by atoms with Gasteiger partial charge in [-0.3, -0.25) is 29.4 Å². The molecule has 1 aliphatic rings. The van der Waals surface area contributed by atoms with Gasteiger partial charge in [-0.1, -0.05) is 52.3 Å². The summed E-state index contributed by atoms with van der Waals surface area (Å²) >= 11 is 3.29. The number of hydrogen-bond donors (Lipinski definition) is 0. The molecule has 0 aliphatic carbocycles. The molecule has 0 saturated heterocycles. The molecular weight excluding hydrogens is 636 g/mol. The van der Waals surface area contributed by atoms with Crippen LogP contribution in [0.4, 0.5) is 5.69 Å². The predicted octanol–water partition coefficient (Wildman–Crippen LogP) is 5.21. The zero-order valence-corrected chi connectivity index (χ0v) is 24.3. The molecule has 220 valence electrons. The highest BCUT2D eigenvalue weighted by molar-refractivity contribution is 9.10. The van der Waals surface area contributed by atoms with E-state index in [0.717, 1.165) is 10.5 Å². The van der Waals surface area contributed by atoms with Crippen LogP contribution in [0.15, 0.2) is 102 Å². The molecule has 0 aromatic heterocycles. The number of Topliss-reactive ketones (excluding diaryl/α,β-unsaturated/α-hetero) is 1. The molecule has 0 N–H and O–H groups in total. The first-order valence-corrected chi connectivity index (χ1v) is 13.9. The lowest BCUT2D eigenvalue weighted by molar-refractivity contribution is -0.385. The van der Waals surface area contributed by atoms with E-state index >= 15 is 0 Å². The van der Waals surface area contributed by atoms with Gasteiger partial charge in [-0.15, -0.1) is 0 Å². The Morgan fingerprint density at radius 1 is 0.818 bits per heavy atom. The molecule has 0 saturated carbocycles. The first-order valence-electron chi connectivity index (χ1n) is 13.1. The smallest absolute Gasteiger partial charge is 0.343 e. The lowest BCUT2D eigenvalue weighted by Crippen LogP contribution is -2.47. The minimum atomic E-state index is -1.50. The van der Waals surface area contributed by atoms with Gasteiger partial charge in [0.1, 0.15) is 17.4 Å². The summed E-state index contributed by atoms with van der Waals surface area (Å²) in [6.45, 7) is -0.717. The van der Waals surface area contributed by atoms with Crippen LogP contribution in [-0.2, 0) is 16.0 Å². The van der Waals surface area contributed by atoms with Gasteiger partial charge in [0.05, 0.1) is 16.1 Å². The third kappa shape index (κ3) is 6.30. The largest absolute Gasteiger partial charge is 0.456 e. The second-order valence-corrected chi connectivity index (χ2v) is 10.5. The van der Waals surface area contributed by atoms with Gasteiger partial charge in [0, 0.05) is 22.5 Å². The van der Waals surface area contributed by atoms with Crippen LogP contribution < -0.4 is 4.74 Å². The molecule has 12 heteroatoms. The number of nitro benzene ring substituents is 1. The number of halogens is 1. The molecule has 44 heavy (non-hydrogen) atoms. The topological polar surface area (TPSA) is 150 Å². The van der Waals surface area contributed by atoms with Crippen LogP contribution in [0.25, 0.3) is 0 Å². The van der Waals surface area contributed by atoms with Crippen LogP contribution in [0.3, 0.4) is 0 Å². The summed E-state index contributed by atoms with van der Waals surface area (Å²) in [5.74, 6) is -3.93. The second-order valence-electron chi connectivity index (χ2n) is 9.59. The molecule has 5 rings (SSSR count). The normalized spacial score (nSPS) is 12.8. The van der Waals surface area contributed by atoms with Crippen molar-refractivity contribution in [3.05, 3.63) is 139 Å². The Kier molecular flexibility index (Phi) is 8.72. The van der Waals surface area contributed by atoms with E-state index in [-0.39, 0.29) is 23.3 Å². The number of carbonyl (C=O) groups excluding carboxylic acids is 5. The van der Waals surface area contributed by atoms with Gasteiger partial charge in [-0.2, -0.15) is 0 Å². The summed E-state index contributed by atoms with van der Waals surface area (Å²) in [6, 6.07) is 22.8. The molecule has 1 aliphatic heterocycles. The van der Waals surface area contributed by atoms with Crippen molar-refractivity contribution < 1.29 is 38.4 Å². The number of nitrogens with zero attached hydrogens (tertiary/aromatic N) is 2. The maximum Gasteiger partial charge on any atom is 0.343 e. The summed E-state index contributed by atoms with van der Waals surface area (Å²) in [5.41, 5.74) is -0.107. The maximum atomic E-state index is 13.3. The molecule has 1 unspecified atom stereocenters. The van der Waals surface area contributed by atoms with Crippen LogP contribution in [-0.4, -0.2) is 52.0 Å². The molecular formula is C32H21BrN2O9. The van der Waals surface area contributed by atoms with Gasteiger partial charge in [-0.05, 0) is 60.2 Å². The Morgan fingerprint density at radius 2 is 1.48 bits per heavy atom. The molecule has 11 nitrogen and oxygen atoms in total. The number of ketones is 1. The van der Waals surface area contributed by atoms with Crippen molar-refractivity contribution in [3.8, 4) is 5.75 Å². The Balaban J connectivity index is 1.30. The van der Waals surface area contributed by atoms with Gasteiger partial charge in [-0.25, -0.2) is 9.59 Å². The highest BCUT2D eigenvalue weighted by Gasteiger charge is 2.47. The highest BCUT2D eigenvalue weighted by atomic mass is 79.9. The van der Waals surface area contributed by atoms with Crippen LogP contribution >= 0.6 is 15.9 Å². The first-order chi connectivity index (χ1) is 21.1. The van der Waals surface area contributed by atoms with Gasteiger partial charge in [0.15, 0.2) is 12.4 Å². The predicted molar refractivity (Wildman–Crippen MR) is 158 cm³/mol. The molecule has 0 radical (unpaired) electrons. The van der Waals surface area contributed by atoms with Crippen molar-refractivity contribution in [1.29, 1.82) is 0 Å². The van der Waals surface area contributed by atoms with E-state index in [9.17, 15) is 34.1 Å². The number of nitro groups is 1. The number of fused-ring (bicyclic) bond motifs is 1. The van der Waals surface area contributed by atoms with Crippen molar-refractivity contribution >= 4 is 51.2 Å². The number of hydrogen-bond acceptors (Lipinski definition) is 9. The van der Waals surface area contributed by atoms with Crippen molar-refractivity contribution in [2.75, 3.05) is 6.61 Å². The summed E-state index contributed by atoms with van der Waals surface area (Å²) in [4.78, 5) is 76.6. The van der Waals surface area contributed by atoms with Crippen LogP contribution in [0, 0.1) is 10.1 Å². The van der Waals surface area contributed by atoms with Gasteiger partial charge < -0.3 is 9.47 Å².